The van der Waals surface area contributed by atoms with Crippen LogP contribution in [-0.2, 0) is 16.4 Å². The minimum absolute atomic E-state index is 0.0743. The number of aromatic nitrogens is 3. The molecule has 0 atom stereocenters. The molecular formula is C22H20ClN5O2S2. The van der Waals surface area contributed by atoms with Crippen molar-refractivity contribution in [1.82, 2.24) is 15.0 Å². The highest BCUT2D eigenvalue weighted by Gasteiger charge is 2.18. The molecule has 0 bridgehead atoms. The number of nitrogens with one attached hydrogen (secondary N) is 2. The Morgan fingerprint density at radius 1 is 1.09 bits per heavy atom. The normalized spacial score (nSPS) is 11.3. The Bertz CT molecular complexity index is 1310. The van der Waals surface area contributed by atoms with Gasteiger partial charge in [0.2, 0.25) is 0 Å². The number of rotatable bonds is 8. The molecule has 0 amide bonds. The molecule has 0 spiro atoms. The Hall–Kier alpha value is -3.01. The van der Waals surface area contributed by atoms with Crippen LogP contribution < -0.4 is 10.0 Å². The van der Waals surface area contributed by atoms with Crippen LogP contribution >= 0.6 is 22.9 Å². The van der Waals surface area contributed by atoms with Crippen molar-refractivity contribution in [2.75, 3.05) is 16.6 Å². The minimum Gasteiger partial charge on any atom is -0.361 e. The molecule has 0 unspecified atom stereocenters. The number of nitrogens with zero attached hydrogens (tertiary/aromatic N) is 3. The van der Waals surface area contributed by atoms with Gasteiger partial charge in [0.1, 0.15) is 0 Å². The van der Waals surface area contributed by atoms with Crippen LogP contribution in [0.25, 0.3) is 10.4 Å². The summed E-state index contributed by atoms with van der Waals surface area (Å²) in [6.45, 7) is 2.62. The molecule has 3 heterocycles. The first-order valence-corrected chi connectivity index (χ1v) is 12.4. The Kier molecular flexibility index (Phi) is 6.69. The Morgan fingerprint density at radius 3 is 2.66 bits per heavy atom. The summed E-state index contributed by atoms with van der Waals surface area (Å²) in [5.74, 6) is 0. The summed E-state index contributed by atoms with van der Waals surface area (Å²) in [5.41, 5.74) is 2.91. The highest BCUT2D eigenvalue weighted by atomic mass is 35.5. The first-order chi connectivity index (χ1) is 15.4. The number of benzene rings is 1. The van der Waals surface area contributed by atoms with Crippen molar-refractivity contribution in [2.24, 2.45) is 0 Å². The first-order valence-electron chi connectivity index (χ1n) is 9.76. The monoisotopic (exact) mass is 485 g/mol. The van der Waals surface area contributed by atoms with E-state index in [-0.39, 0.29) is 15.7 Å². The molecule has 1 aromatic carbocycles. The van der Waals surface area contributed by atoms with Crippen molar-refractivity contribution in [3.05, 3.63) is 83.5 Å². The first kappa shape index (κ1) is 22.2. The molecule has 4 aromatic rings. The fraction of sp³-hybridized carbons (Fsp3) is 0.136. The van der Waals surface area contributed by atoms with Gasteiger partial charge in [-0.25, -0.2) is 18.4 Å². The van der Waals surface area contributed by atoms with E-state index in [1.54, 1.807) is 36.7 Å². The van der Waals surface area contributed by atoms with Crippen LogP contribution in [0.4, 0.5) is 10.8 Å². The zero-order chi connectivity index (χ0) is 22.6. The smallest absolute Gasteiger partial charge is 0.261 e. The van der Waals surface area contributed by atoms with Crippen LogP contribution in [0.2, 0.25) is 5.15 Å². The topological polar surface area (TPSA) is 96.9 Å². The molecule has 0 aliphatic carbocycles. The van der Waals surface area contributed by atoms with E-state index in [1.165, 1.54) is 23.5 Å². The maximum Gasteiger partial charge on any atom is 0.261 e. The molecule has 0 aliphatic rings. The zero-order valence-corrected chi connectivity index (χ0v) is 19.5. The van der Waals surface area contributed by atoms with Gasteiger partial charge in [0.05, 0.1) is 21.2 Å². The largest absolute Gasteiger partial charge is 0.361 e. The number of halogens is 1. The van der Waals surface area contributed by atoms with Crippen LogP contribution in [0, 0.1) is 6.92 Å². The van der Waals surface area contributed by atoms with E-state index >= 15 is 0 Å². The maximum absolute atomic E-state index is 12.7. The van der Waals surface area contributed by atoms with E-state index in [9.17, 15) is 8.42 Å². The average molecular weight is 486 g/mol. The quantitative estimate of drug-likeness (QED) is 0.340. The fourth-order valence-electron chi connectivity index (χ4n) is 3.05. The van der Waals surface area contributed by atoms with Gasteiger partial charge in [0, 0.05) is 30.7 Å². The van der Waals surface area contributed by atoms with Crippen LogP contribution in [0.5, 0.6) is 0 Å². The number of hydrogen-bond donors (Lipinski definition) is 2. The molecule has 0 saturated carbocycles. The summed E-state index contributed by atoms with van der Waals surface area (Å²) in [6.07, 6.45) is 6.04. The Labute approximate surface area is 195 Å². The van der Waals surface area contributed by atoms with Gasteiger partial charge in [-0.05, 0) is 43.2 Å². The zero-order valence-electron chi connectivity index (χ0n) is 17.1. The van der Waals surface area contributed by atoms with E-state index in [1.807, 2.05) is 25.3 Å². The summed E-state index contributed by atoms with van der Waals surface area (Å²) in [6, 6.07) is 13.7. The van der Waals surface area contributed by atoms with Crippen LogP contribution in [0.15, 0.2) is 72.0 Å². The number of anilines is 2. The standard InChI is InChI=1S/C22H20ClN5O2S2/c1-15-20(31-22(27-15)25-11-9-16-6-5-10-24-13-16)17-12-19(21(23)26-14-17)28-32(29,30)18-7-3-2-4-8-18/h2-8,10,12-14,28H,9,11H2,1H3,(H,25,27). The summed E-state index contributed by atoms with van der Waals surface area (Å²) >= 11 is 7.66. The van der Waals surface area contributed by atoms with E-state index in [2.05, 4.69) is 25.0 Å². The number of hydrogen-bond acceptors (Lipinski definition) is 7. The average Bonchev–Trinajstić information content (AvgIpc) is 3.17. The minimum atomic E-state index is -3.78. The van der Waals surface area contributed by atoms with E-state index < -0.39 is 10.0 Å². The van der Waals surface area contributed by atoms with Gasteiger partial charge >= 0.3 is 0 Å². The number of aryl methyl sites for hydroxylation is 1. The lowest BCUT2D eigenvalue weighted by atomic mass is 10.2. The summed E-state index contributed by atoms with van der Waals surface area (Å²) in [7, 11) is -3.78. The lowest BCUT2D eigenvalue weighted by Crippen LogP contribution is -2.13. The molecular weight excluding hydrogens is 466 g/mol. The third-order valence-electron chi connectivity index (χ3n) is 4.61. The second kappa shape index (κ2) is 9.64. The van der Waals surface area contributed by atoms with Gasteiger partial charge in [-0.3, -0.25) is 9.71 Å². The molecule has 10 heteroatoms. The Morgan fingerprint density at radius 2 is 1.91 bits per heavy atom. The third kappa shape index (κ3) is 5.24. The lowest BCUT2D eigenvalue weighted by Gasteiger charge is -2.10. The van der Waals surface area contributed by atoms with Gasteiger partial charge in [-0.2, -0.15) is 0 Å². The number of thiazole rings is 1. The number of sulfonamides is 1. The summed E-state index contributed by atoms with van der Waals surface area (Å²) in [4.78, 5) is 13.9. The van der Waals surface area contributed by atoms with E-state index in [0.29, 0.717) is 0 Å². The van der Waals surface area contributed by atoms with Crippen LogP contribution in [0.3, 0.4) is 0 Å². The van der Waals surface area contributed by atoms with Crippen LogP contribution in [-0.4, -0.2) is 29.9 Å². The number of pyridine rings is 2. The summed E-state index contributed by atoms with van der Waals surface area (Å²) in [5, 5.41) is 4.19. The van der Waals surface area contributed by atoms with Crippen molar-refractivity contribution in [1.29, 1.82) is 0 Å². The molecule has 4 rings (SSSR count). The van der Waals surface area contributed by atoms with Gasteiger partial charge in [-0.15, -0.1) is 0 Å². The van der Waals surface area contributed by atoms with E-state index in [4.69, 9.17) is 11.6 Å². The molecule has 7 nitrogen and oxygen atoms in total. The molecule has 0 saturated heterocycles. The third-order valence-corrected chi connectivity index (χ3v) is 7.46. The van der Waals surface area contributed by atoms with Crippen molar-refractivity contribution >= 4 is 43.8 Å². The van der Waals surface area contributed by atoms with Crippen molar-refractivity contribution < 1.29 is 8.42 Å². The maximum atomic E-state index is 12.7. The van der Waals surface area contributed by atoms with Crippen LogP contribution in [0.1, 0.15) is 11.3 Å². The van der Waals surface area contributed by atoms with Gasteiger partial charge in [0.25, 0.3) is 10.0 Å². The molecule has 164 valence electrons. The van der Waals surface area contributed by atoms with Crippen molar-refractivity contribution in [3.63, 3.8) is 0 Å². The lowest BCUT2D eigenvalue weighted by molar-refractivity contribution is 0.601. The highest BCUT2D eigenvalue weighted by molar-refractivity contribution is 7.92. The predicted octanol–water partition coefficient (Wildman–Crippen LogP) is 5.02. The summed E-state index contributed by atoms with van der Waals surface area (Å²) < 4.78 is 27.9. The molecule has 0 radical (unpaired) electrons. The predicted molar refractivity (Wildman–Crippen MR) is 129 cm³/mol. The molecule has 0 fully saturated rings. The highest BCUT2D eigenvalue weighted by Crippen LogP contribution is 2.35. The molecule has 2 N–H and O–H groups in total. The van der Waals surface area contributed by atoms with Gasteiger partial charge < -0.3 is 5.32 Å². The molecule has 0 aliphatic heterocycles. The van der Waals surface area contributed by atoms with E-state index in [0.717, 1.165) is 39.8 Å². The van der Waals surface area contributed by atoms with Crippen molar-refractivity contribution in [2.45, 2.75) is 18.2 Å². The SMILES string of the molecule is Cc1nc(NCCc2cccnc2)sc1-c1cnc(Cl)c(NS(=O)(=O)c2ccccc2)c1. The molecule has 3 aromatic heterocycles. The van der Waals surface area contributed by atoms with Gasteiger partial charge in [0.15, 0.2) is 10.3 Å². The van der Waals surface area contributed by atoms with Gasteiger partial charge in [-0.1, -0.05) is 47.2 Å². The second-order valence-corrected chi connectivity index (χ2v) is 9.99. The second-order valence-electron chi connectivity index (χ2n) is 6.95. The fourth-order valence-corrected chi connectivity index (χ4v) is 5.30. The molecule has 32 heavy (non-hydrogen) atoms. The Balaban J connectivity index is 1.52. The van der Waals surface area contributed by atoms with Crippen molar-refractivity contribution in [3.8, 4) is 10.4 Å².